The predicted molar refractivity (Wildman–Crippen MR) is 167 cm³/mol. The average molecular weight is 805 g/mol. The zero-order valence-corrected chi connectivity index (χ0v) is 32.6. The van der Waals surface area contributed by atoms with E-state index in [9.17, 15) is 0 Å². The minimum Gasteiger partial charge on any atom is -1.00 e. The molecule has 2 aliphatic carbocycles. The fourth-order valence-electron chi connectivity index (χ4n) is 4.59. The van der Waals surface area contributed by atoms with E-state index in [1.165, 1.54) is 73.0 Å². The van der Waals surface area contributed by atoms with Crippen LogP contribution in [0.4, 0.5) is 0 Å². The minimum atomic E-state index is 0. The van der Waals surface area contributed by atoms with Crippen LogP contribution in [0.15, 0.2) is 42.0 Å². The van der Waals surface area contributed by atoms with E-state index < -0.39 is 0 Å². The van der Waals surface area contributed by atoms with E-state index >= 15 is 0 Å². The summed E-state index contributed by atoms with van der Waals surface area (Å²) in [6.07, 6.45) is 11.2. The van der Waals surface area contributed by atoms with Crippen molar-refractivity contribution in [1.82, 2.24) is 0 Å². The molecule has 0 saturated carbocycles. The molecule has 2 aliphatic heterocycles. The molecular weight excluding hydrogens is 774 g/mol. The molecule has 0 spiro atoms. The molecule has 200 valence electrons. The molecule has 2 unspecified atom stereocenters. The number of benzene rings is 2. The van der Waals surface area contributed by atoms with Crippen molar-refractivity contribution in [2.75, 3.05) is 0 Å². The molecule has 0 nitrogen and oxygen atoms in total. The van der Waals surface area contributed by atoms with Crippen LogP contribution in [0.1, 0.15) is 52.7 Å². The van der Waals surface area contributed by atoms with Gasteiger partial charge < -0.3 is 24.8 Å². The third-order valence-electron chi connectivity index (χ3n) is 6.54. The maximum absolute atomic E-state index is 3.76. The van der Waals surface area contributed by atoms with Crippen molar-refractivity contribution in [2.24, 2.45) is 0 Å². The van der Waals surface area contributed by atoms with E-state index in [4.69, 9.17) is 0 Å². The third kappa shape index (κ3) is 7.20. The second-order valence-electron chi connectivity index (χ2n) is 9.84. The summed E-state index contributed by atoms with van der Waals surface area (Å²) in [4.78, 5) is 2.79. The summed E-state index contributed by atoms with van der Waals surface area (Å²) < 4.78 is 2.50. The Morgan fingerprint density at radius 3 is 1.37 bits per heavy atom. The van der Waals surface area contributed by atoms with E-state index in [0.29, 0.717) is 10.5 Å². The molecule has 0 saturated heterocycles. The summed E-state index contributed by atoms with van der Waals surface area (Å²) in [7, 11) is 0. The second-order valence-corrected chi connectivity index (χ2v) is 23.6. The van der Waals surface area contributed by atoms with Gasteiger partial charge in [0.2, 0.25) is 0 Å². The van der Waals surface area contributed by atoms with Gasteiger partial charge in [0.1, 0.15) is 0 Å². The zero-order chi connectivity index (χ0) is 26.5. The predicted octanol–water partition coefficient (Wildman–Crippen LogP) is 1.17. The van der Waals surface area contributed by atoms with Crippen LogP contribution in [-0.4, -0.2) is 15.9 Å². The van der Waals surface area contributed by atoms with Crippen molar-refractivity contribution in [2.45, 2.75) is 74.9 Å². The van der Waals surface area contributed by atoms with Crippen LogP contribution in [0, 0.1) is 0 Å². The molecular formula is C30H30Br2Cl2S2SiZr-2. The topological polar surface area (TPSA) is 0 Å². The van der Waals surface area contributed by atoms with Crippen molar-refractivity contribution in [1.29, 1.82) is 0 Å². The van der Waals surface area contributed by atoms with Gasteiger partial charge in [-0.1, -0.05) is 56.9 Å². The largest absolute Gasteiger partial charge is 1.00 e. The van der Waals surface area contributed by atoms with E-state index in [1.807, 2.05) is 23.5 Å². The second kappa shape index (κ2) is 14.3. The van der Waals surface area contributed by atoms with Crippen molar-refractivity contribution in [3.05, 3.63) is 64.2 Å². The smallest absolute Gasteiger partial charge is 1.00 e. The molecule has 0 radical (unpaired) electrons. The molecule has 0 aromatic heterocycles. The Morgan fingerprint density at radius 1 is 0.737 bits per heavy atom. The summed E-state index contributed by atoms with van der Waals surface area (Å²) in [6, 6.07) is 4.56. The van der Waals surface area contributed by atoms with Gasteiger partial charge in [-0.05, 0) is 56.9 Å². The number of hydrogen-bond donors (Lipinski definition) is 0. The monoisotopic (exact) mass is 800 g/mol. The van der Waals surface area contributed by atoms with Crippen LogP contribution < -0.4 is 45.7 Å². The fraction of sp³-hybridized carbons (Fsp3) is 0.333. The normalized spacial score (nSPS) is 18.9. The first-order valence-corrected chi connectivity index (χ1v) is 21.6. The van der Waals surface area contributed by atoms with Crippen LogP contribution in [0.25, 0.3) is 35.5 Å². The summed E-state index contributed by atoms with van der Waals surface area (Å²) >= 11 is 13.2. The standard InChI is InChI=1S/2C14H12BrS.C2H6Si.2ClH.Zr/c2*1-7-4-10-6-12-13(8(2)9(3)16-12)14(15)11(10)5-7;1-3-2;;;/h2*5-6,9H,1-3H3;1-2H3;2*1H;/q2*-1;;;;+2/p-2. The van der Waals surface area contributed by atoms with E-state index in [2.05, 4.69) is 123 Å². The quantitative estimate of drug-likeness (QED) is 0.290. The van der Waals surface area contributed by atoms with E-state index in [-0.39, 0.29) is 30.2 Å². The number of fused-ring (bicyclic) bond motifs is 4. The Morgan fingerprint density at radius 2 is 1.05 bits per heavy atom. The first-order chi connectivity index (χ1) is 16.9. The number of rotatable bonds is 0. The molecule has 0 N–H and O–H groups in total. The van der Waals surface area contributed by atoms with Crippen molar-refractivity contribution >= 4 is 96.3 Å². The van der Waals surface area contributed by atoms with E-state index in [0.717, 1.165) is 0 Å². The molecule has 2 heterocycles. The van der Waals surface area contributed by atoms with Gasteiger partial charge in [0.15, 0.2) is 0 Å². The summed E-state index contributed by atoms with van der Waals surface area (Å²) in [5.74, 6) is 0. The van der Waals surface area contributed by atoms with Gasteiger partial charge in [0.25, 0.3) is 0 Å². The van der Waals surface area contributed by atoms with Crippen molar-refractivity contribution < 1.29 is 48.1 Å². The Kier molecular flexibility index (Phi) is 13.1. The SMILES string of the molecule is CC1=Cc2c(Br)c3c(cc2=[C-]1)SC(C)C=3C.CC1=Cc2c(Br)c3c(cc2=[C-]1)SC(C)C=3C.C[Si](C)=[Zr+2].[Cl-].[Cl-]. The van der Waals surface area contributed by atoms with Gasteiger partial charge in [-0.2, -0.15) is 12.2 Å². The van der Waals surface area contributed by atoms with Crippen LogP contribution in [-0.2, 0) is 23.3 Å². The van der Waals surface area contributed by atoms with Crippen molar-refractivity contribution in [3.8, 4) is 0 Å². The Hall–Kier alpha value is 0.740. The first-order valence-electron chi connectivity index (χ1n) is 12.0. The molecule has 0 fully saturated rings. The van der Waals surface area contributed by atoms with Crippen LogP contribution in [0.3, 0.4) is 0 Å². The fourth-order valence-corrected chi connectivity index (χ4v) is 9.04. The van der Waals surface area contributed by atoms with Gasteiger partial charge in [-0.25, -0.2) is 0 Å². The zero-order valence-electron chi connectivity index (χ0n) is 22.8. The number of allylic oxidation sites excluding steroid dienone is 2. The molecule has 38 heavy (non-hydrogen) atoms. The maximum atomic E-state index is 3.76. The molecule has 0 bridgehead atoms. The molecule has 4 aliphatic rings. The molecule has 2 aromatic carbocycles. The van der Waals surface area contributed by atoms with Crippen LogP contribution >= 0.6 is 55.4 Å². The molecule has 6 rings (SSSR count). The van der Waals surface area contributed by atoms with Crippen LogP contribution in [0.5, 0.6) is 0 Å². The third-order valence-corrected chi connectivity index (χ3v) is 10.8. The molecule has 2 aromatic rings. The first kappa shape index (κ1) is 34.9. The molecule has 2 atom stereocenters. The van der Waals surface area contributed by atoms with Gasteiger partial charge in [0, 0.05) is 10.5 Å². The number of halogens is 4. The Bertz CT molecular complexity index is 1510. The molecule has 0 amide bonds. The summed E-state index contributed by atoms with van der Waals surface area (Å²) in [5, 5.41) is 6.47. The van der Waals surface area contributed by atoms with Crippen LogP contribution in [0.2, 0.25) is 13.1 Å². The number of hydrogen-bond acceptors (Lipinski definition) is 2. The van der Waals surface area contributed by atoms with Gasteiger partial charge in [0.05, 0.1) is 0 Å². The Balaban J connectivity index is 0.000000224. The van der Waals surface area contributed by atoms with Gasteiger partial charge >= 0.3 is 41.9 Å². The molecule has 8 heteroatoms. The maximum Gasteiger partial charge on any atom is -1.00 e. The van der Waals surface area contributed by atoms with E-state index in [1.54, 1.807) is 23.3 Å². The van der Waals surface area contributed by atoms with Gasteiger partial charge in [-0.15, -0.1) is 80.5 Å². The summed E-state index contributed by atoms with van der Waals surface area (Å²) in [6.45, 7) is 17.8. The van der Waals surface area contributed by atoms with Gasteiger partial charge in [-0.3, -0.25) is 0 Å². The minimum absolute atomic E-state index is 0. The number of thioether (sulfide) groups is 2. The average Bonchev–Trinajstić information content (AvgIpc) is 3.48. The Labute approximate surface area is 280 Å². The van der Waals surface area contributed by atoms with Crippen molar-refractivity contribution in [3.63, 3.8) is 0 Å². The summed E-state index contributed by atoms with van der Waals surface area (Å²) in [5.41, 5.74) is 8.20.